The summed E-state index contributed by atoms with van der Waals surface area (Å²) in [7, 11) is 1.91. The number of hydrogen-bond donors (Lipinski definition) is 2. The summed E-state index contributed by atoms with van der Waals surface area (Å²) in [6.07, 6.45) is 0. The van der Waals surface area contributed by atoms with Crippen molar-refractivity contribution in [1.82, 2.24) is 14.5 Å². The van der Waals surface area contributed by atoms with Gasteiger partial charge in [-0.25, -0.2) is 4.98 Å². The third kappa shape index (κ3) is 2.95. The number of rotatable bonds is 4. The number of imidazole rings is 1. The van der Waals surface area contributed by atoms with E-state index in [1.165, 1.54) is 11.8 Å². The number of azo groups is 1. The molecule has 7 nitrogen and oxygen atoms in total. The summed E-state index contributed by atoms with van der Waals surface area (Å²) in [5.41, 5.74) is 2.89. The predicted octanol–water partition coefficient (Wildman–Crippen LogP) is 4.16. The van der Waals surface area contributed by atoms with Gasteiger partial charge in [0.15, 0.2) is 10.8 Å². The summed E-state index contributed by atoms with van der Waals surface area (Å²) in [5, 5.41) is 19.0. The Labute approximate surface area is 152 Å². The first-order valence-electron chi connectivity index (χ1n) is 7.92. The lowest BCUT2D eigenvalue weighted by Gasteiger charge is -1.99. The number of H-pyrrole nitrogens is 1. The second-order valence-corrected chi connectivity index (χ2v) is 6.63. The number of thioether (sulfide) groups is 1. The Morgan fingerprint density at radius 2 is 2.00 bits per heavy atom. The number of aryl methyl sites for hydroxylation is 1. The van der Waals surface area contributed by atoms with Crippen molar-refractivity contribution in [1.29, 1.82) is 0 Å². The van der Waals surface area contributed by atoms with E-state index in [-0.39, 0.29) is 17.3 Å². The Morgan fingerprint density at radius 1 is 1.23 bits per heavy atom. The molecule has 0 bridgehead atoms. The van der Waals surface area contributed by atoms with Crippen molar-refractivity contribution in [2.75, 3.05) is 5.75 Å². The van der Waals surface area contributed by atoms with Gasteiger partial charge in [0.2, 0.25) is 5.88 Å². The molecule has 0 atom stereocenters. The number of fused-ring (bicyclic) bond motifs is 2. The Kier molecular flexibility index (Phi) is 4.18. The molecule has 8 heteroatoms. The summed E-state index contributed by atoms with van der Waals surface area (Å²) in [6, 6.07) is 15.1. The van der Waals surface area contributed by atoms with E-state index in [2.05, 4.69) is 20.2 Å². The van der Waals surface area contributed by atoms with Gasteiger partial charge in [0, 0.05) is 12.4 Å². The van der Waals surface area contributed by atoms with Gasteiger partial charge in [-0.2, -0.15) is 0 Å². The van der Waals surface area contributed by atoms with Crippen LogP contribution in [0, 0.1) is 0 Å². The summed E-state index contributed by atoms with van der Waals surface area (Å²) in [4.78, 5) is 19.4. The molecule has 26 heavy (non-hydrogen) atoms. The number of carbonyl (C=O) groups excluding carboxylic acids is 1. The van der Waals surface area contributed by atoms with Gasteiger partial charge in [-0.15, -0.1) is 10.2 Å². The Morgan fingerprint density at radius 3 is 2.85 bits per heavy atom. The van der Waals surface area contributed by atoms with Gasteiger partial charge >= 0.3 is 0 Å². The maximum absolute atomic E-state index is 12.1. The average Bonchev–Trinajstić information content (AvgIpc) is 3.15. The van der Waals surface area contributed by atoms with Gasteiger partial charge in [-0.1, -0.05) is 42.1 Å². The van der Waals surface area contributed by atoms with Gasteiger partial charge in [0.05, 0.1) is 22.3 Å². The van der Waals surface area contributed by atoms with Crippen LogP contribution in [0.25, 0.3) is 21.9 Å². The van der Waals surface area contributed by atoms with Crippen LogP contribution in [0.1, 0.15) is 0 Å². The molecule has 2 heterocycles. The highest BCUT2D eigenvalue weighted by Gasteiger charge is 2.12. The molecule has 0 aliphatic carbocycles. The van der Waals surface area contributed by atoms with Crippen molar-refractivity contribution >= 4 is 45.3 Å². The average molecular weight is 365 g/mol. The second-order valence-electron chi connectivity index (χ2n) is 5.69. The van der Waals surface area contributed by atoms with Crippen LogP contribution in [0.4, 0.5) is 5.69 Å². The van der Waals surface area contributed by atoms with Crippen molar-refractivity contribution in [3.05, 3.63) is 48.5 Å². The lowest BCUT2D eigenvalue weighted by atomic mass is 10.2. The van der Waals surface area contributed by atoms with E-state index < -0.39 is 5.91 Å². The molecule has 0 aliphatic rings. The first-order chi connectivity index (χ1) is 12.6. The molecule has 2 aromatic heterocycles. The van der Waals surface area contributed by atoms with Gasteiger partial charge in [0.25, 0.3) is 5.91 Å². The van der Waals surface area contributed by atoms with Crippen LogP contribution in [-0.4, -0.2) is 31.3 Å². The quantitative estimate of drug-likeness (QED) is 0.419. The van der Waals surface area contributed by atoms with Gasteiger partial charge < -0.3 is 14.7 Å². The molecular weight excluding hydrogens is 350 g/mol. The molecule has 0 saturated heterocycles. The third-order valence-electron chi connectivity index (χ3n) is 3.99. The molecule has 0 unspecified atom stereocenters. The zero-order valence-corrected chi connectivity index (χ0v) is 14.7. The van der Waals surface area contributed by atoms with E-state index in [9.17, 15) is 9.90 Å². The molecule has 4 rings (SSSR count). The highest BCUT2D eigenvalue weighted by atomic mass is 32.2. The van der Waals surface area contributed by atoms with Crippen LogP contribution >= 0.6 is 11.8 Å². The van der Waals surface area contributed by atoms with Crippen molar-refractivity contribution in [2.45, 2.75) is 5.16 Å². The molecule has 4 aromatic rings. The molecule has 0 spiro atoms. The fraction of sp³-hybridized carbons (Fsp3) is 0.111. The molecule has 0 saturated carbocycles. The number of benzene rings is 2. The topological polar surface area (TPSA) is 95.6 Å². The Bertz CT molecular complexity index is 1150. The van der Waals surface area contributed by atoms with Crippen LogP contribution in [-0.2, 0) is 11.8 Å². The lowest BCUT2D eigenvalue weighted by Crippen LogP contribution is -1.98. The number of nitrogens with one attached hydrogen (secondary N) is 1. The predicted molar refractivity (Wildman–Crippen MR) is 101 cm³/mol. The van der Waals surface area contributed by atoms with E-state index in [4.69, 9.17) is 0 Å². The van der Waals surface area contributed by atoms with Crippen LogP contribution in [0.2, 0.25) is 0 Å². The number of hydrogen-bond acceptors (Lipinski definition) is 5. The SMILES string of the molecule is Cn1c(SCC(=O)N=Nc2c(O)[nH]c3ccccc23)nc2ccccc21. The first-order valence-corrected chi connectivity index (χ1v) is 8.90. The maximum Gasteiger partial charge on any atom is 0.275 e. The van der Waals surface area contributed by atoms with Gasteiger partial charge in [-0.3, -0.25) is 4.79 Å². The summed E-state index contributed by atoms with van der Waals surface area (Å²) >= 11 is 1.30. The van der Waals surface area contributed by atoms with Crippen molar-refractivity contribution in [3.63, 3.8) is 0 Å². The second kappa shape index (κ2) is 6.64. The number of aromatic amines is 1. The molecule has 0 aliphatic heterocycles. The Balaban J connectivity index is 1.49. The van der Waals surface area contributed by atoms with Crippen LogP contribution in [0.3, 0.4) is 0 Å². The minimum absolute atomic E-state index is 0.106. The van der Waals surface area contributed by atoms with Gasteiger partial charge in [0.1, 0.15) is 0 Å². The number of carbonyl (C=O) groups is 1. The van der Waals surface area contributed by atoms with Crippen LogP contribution < -0.4 is 0 Å². The number of aromatic nitrogens is 3. The van der Waals surface area contributed by atoms with E-state index in [1.54, 1.807) is 6.07 Å². The smallest absolute Gasteiger partial charge is 0.275 e. The van der Waals surface area contributed by atoms with E-state index in [0.717, 1.165) is 21.7 Å². The van der Waals surface area contributed by atoms with E-state index >= 15 is 0 Å². The minimum Gasteiger partial charge on any atom is -0.493 e. The van der Waals surface area contributed by atoms with Crippen molar-refractivity contribution in [3.8, 4) is 5.88 Å². The molecule has 0 fully saturated rings. The molecule has 130 valence electrons. The Hall–Kier alpha value is -3.13. The van der Waals surface area contributed by atoms with E-state index in [1.807, 2.05) is 54.1 Å². The van der Waals surface area contributed by atoms with Crippen LogP contribution in [0.5, 0.6) is 5.88 Å². The number of para-hydroxylation sites is 3. The zero-order valence-electron chi connectivity index (χ0n) is 13.9. The van der Waals surface area contributed by atoms with Gasteiger partial charge in [-0.05, 0) is 18.2 Å². The minimum atomic E-state index is -0.397. The summed E-state index contributed by atoms with van der Waals surface area (Å²) < 4.78 is 1.94. The van der Waals surface area contributed by atoms with Crippen molar-refractivity contribution < 1.29 is 9.90 Å². The number of aromatic hydroxyl groups is 1. The normalized spacial score (nSPS) is 11.7. The zero-order chi connectivity index (χ0) is 18.1. The standard InChI is InChI=1S/C18H15N5O2S/c1-23-14-9-5-4-8-13(14)20-18(23)26-10-15(24)21-22-16-11-6-2-3-7-12(11)19-17(16)25/h2-9,19,25H,10H2,1H3. The third-order valence-corrected chi connectivity index (χ3v) is 5.01. The lowest BCUT2D eigenvalue weighted by molar-refractivity contribution is -0.115. The molecular formula is C18H15N5O2S. The largest absolute Gasteiger partial charge is 0.493 e. The highest BCUT2D eigenvalue weighted by molar-refractivity contribution is 7.99. The fourth-order valence-corrected chi connectivity index (χ4v) is 3.49. The first kappa shape index (κ1) is 16.3. The maximum atomic E-state index is 12.1. The summed E-state index contributed by atoms with van der Waals surface area (Å²) in [6.45, 7) is 0. The van der Waals surface area contributed by atoms with Crippen molar-refractivity contribution in [2.24, 2.45) is 17.3 Å². The van der Waals surface area contributed by atoms with E-state index in [0.29, 0.717) is 5.39 Å². The fourth-order valence-electron chi connectivity index (χ4n) is 2.73. The monoisotopic (exact) mass is 365 g/mol. The molecule has 2 aromatic carbocycles. The number of amides is 1. The summed E-state index contributed by atoms with van der Waals surface area (Å²) in [5.74, 6) is -0.387. The number of nitrogens with zero attached hydrogens (tertiary/aromatic N) is 4. The highest BCUT2D eigenvalue weighted by Crippen LogP contribution is 2.35. The molecule has 2 N–H and O–H groups in total. The molecule has 1 amide bonds. The van der Waals surface area contributed by atoms with Crippen LogP contribution in [0.15, 0.2) is 63.9 Å². The molecule has 0 radical (unpaired) electrons.